The molecule has 116 valence electrons. The van der Waals surface area contributed by atoms with E-state index in [9.17, 15) is 4.79 Å². The van der Waals surface area contributed by atoms with Crippen LogP contribution in [0.4, 0.5) is 0 Å². The van der Waals surface area contributed by atoms with Gasteiger partial charge in [0.15, 0.2) is 0 Å². The van der Waals surface area contributed by atoms with E-state index in [1.54, 1.807) is 17.4 Å². The van der Waals surface area contributed by atoms with Crippen molar-refractivity contribution in [3.8, 4) is 10.6 Å². The lowest BCUT2D eigenvalue weighted by atomic mass is 10.2. The first-order valence-corrected chi connectivity index (χ1v) is 8.41. The van der Waals surface area contributed by atoms with Crippen LogP contribution < -0.4 is 0 Å². The molecule has 4 rings (SSSR count). The Labute approximate surface area is 138 Å². The molecular weight excluding hydrogens is 308 g/mol. The van der Waals surface area contributed by atoms with E-state index in [-0.39, 0.29) is 5.91 Å². The number of amides is 1. The van der Waals surface area contributed by atoms with E-state index in [0.717, 1.165) is 23.8 Å². The van der Waals surface area contributed by atoms with Crippen molar-refractivity contribution in [2.45, 2.75) is 20.0 Å². The molecule has 0 saturated heterocycles. The highest BCUT2D eigenvalue weighted by Crippen LogP contribution is 2.27. The van der Waals surface area contributed by atoms with Gasteiger partial charge in [-0.05, 0) is 30.5 Å². The van der Waals surface area contributed by atoms with Gasteiger partial charge in [-0.2, -0.15) is 0 Å². The predicted molar refractivity (Wildman–Crippen MR) is 89.3 cm³/mol. The maximum absolute atomic E-state index is 12.6. The van der Waals surface area contributed by atoms with Gasteiger partial charge >= 0.3 is 0 Å². The minimum atomic E-state index is -0.0272. The van der Waals surface area contributed by atoms with E-state index in [2.05, 4.69) is 26.0 Å². The number of aryl methyl sites for hydroxylation is 1. The first-order valence-electron chi connectivity index (χ1n) is 7.53. The zero-order valence-electron chi connectivity index (χ0n) is 12.8. The third-order valence-corrected chi connectivity index (χ3v) is 4.92. The summed E-state index contributed by atoms with van der Waals surface area (Å²) in [5.41, 5.74) is 2.49. The van der Waals surface area contributed by atoms with Gasteiger partial charge in [0, 0.05) is 18.8 Å². The largest absolute Gasteiger partial charge is 0.328 e. The second-order valence-electron chi connectivity index (χ2n) is 5.58. The molecule has 0 fully saturated rings. The van der Waals surface area contributed by atoms with Gasteiger partial charge in [0.2, 0.25) is 0 Å². The molecule has 0 unspecified atom stereocenters. The Morgan fingerprint density at radius 1 is 1.22 bits per heavy atom. The van der Waals surface area contributed by atoms with E-state index in [1.807, 2.05) is 36.2 Å². The van der Waals surface area contributed by atoms with E-state index < -0.39 is 0 Å². The molecule has 3 aromatic rings. The van der Waals surface area contributed by atoms with Gasteiger partial charge in [-0.15, -0.1) is 11.3 Å². The number of aromatic nitrogens is 3. The number of rotatable bonds is 2. The highest BCUT2D eigenvalue weighted by atomic mass is 32.1. The predicted octanol–water partition coefficient (Wildman–Crippen LogP) is 2.97. The number of thiophene rings is 1. The molecule has 3 aromatic heterocycles. The summed E-state index contributed by atoms with van der Waals surface area (Å²) in [5.74, 6) is 0.904. The topological polar surface area (TPSA) is 51.0 Å². The summed E-state index contributed by atoms with van der Waals surface area (Å²) in [7, 11) is 0. The summed E-state index contributed by atoms with van der Waals surface area (Å²) in [4.78, 5) is 24.5. The molecule has 5 nitrogen and oxygen atoms in total. The number of carbonyl (C=O) groups is 1. The van der Waals surface area contributed by atoms with Crippen molar-refractivity contribution >= 4 is 17.2 Å². The van der Waals surface area contributed by atoms with Crippen LogP contribution in [0.25, 0.3) is 10.6 Å². The fraction of sp³-hybridized carbons (Fsp3) is 0.235. The van der Waals surface area contributed by atoms with Crippen molar-refractivity contribution in [2.24, 2.45) is 0 Å². The van der Waals surface area contributed by atoms with E-state index in [1.165, 1.54) is 4.88 Å². The molecule has 1 amide bonds. The molecule has 0 aliphatic carbocycles. The lowest BCUT2D eigenvalue weighted by Crippen LogP contribution is -2.39. The van der Waals surface area contributed by atoms with Crippen molar-refractivity contribution in [3.63, 3.8) is 0 Å². The zero-order valence-corrected chi connectivity index (χ0v) is 13.6. The number of nitrogens with zero attached hydrogens (tertiary/aromatic N) is 4. The maximum atomic E-state index is 12.6. The summed E-state index contributed by atoms with van der Waals surface area (Å²) in [6, 6.07) is 9.68. The van der Waals surface area contributed by atoms with E-state index >= 15 is 0 Å². The Bertz CT molecular complexity index is 853. The standard InChI is InChI=1S/C17H16N4OS/c1-12-4-2-5-13(19-12)17(22)20-7-8-21-14(10-18-16(21)11-20)15-6-3-9-23-15/h2-6,9-10H,7-8,11H2,1H3. The lowest BCUT2D eigenvalue weighted by Gasteiger charge is -2.28. The SMILES string of the molecule is Cc1cccc(C(=O)N2CCn3c(-c4cccs4)cnc3C2)n1. The molecule has 1 aliphatic rings. The molecule has 0 saturated carbocycles. The normalized spacial score (nSPS) is 13.9. The average Bonchev–Trinajstić information content (AvgIpc) is 3.22. The van der Waals surface area contributed by atoms with Crippen molar-refractivity contribution in [2.75, 3.05) is 6.54 Å². The first kappa shape index (κ1) is 14.1. The summed E-state index contributed by atoms with van der Waals surface area (Å²) in [6.45, 7) is 3.86. The Balaban J connectivity index is 1.59. The summed E-state index contributed by atoms with van der Waals surface area (Å²) < 4.78 is 2.21. The Kier molecular flexibility index (Phi) is 3.46. The first-order chi connectivity index (χ1) is 11.2. The van der Waals surface area contributed by atoms with Crippen LogP contribution in [0.5, 0.6) is 0 Å². The van der Waals surface area contributed by atoms with Crippen LogP contribution in [0.1, 0.15) is 22.0 Å². The molecule has 0 aromatic carbocycles. The van der Waals surface area contributed by atoms with E-state index in [0.29, 0.717) is 18.8 Å². The highest BCUT2D eigenvalue weighted by Gasteiger charge is 2.25. The number of fused-ring (bicyclic) bond motifs is 1. The summed E-state index contributed by atoms with van der Waals surface area (Å²) in [6.07, 6.45) is 1.90. The molecule has 1 aliphatic heterocycles. The number of hydrogen-bond donors (Lipinski definition) is 0. The molecule has 0 N–H and O–H groups in total. The quantitative estimate of drug-likeness (QED) is 0.728. The van der Waals surface area contributed by atoms with Gasteiger partial charge in [0.25, 0.3) is 5.91 Å². The van der Waals surface area contributed by atoms with Crippen molar-refractivity contribution < 1.29 is 4.79 Å². The van der Waals surface area contributed by atoms with Gasteiger partial charge in [-0.25, -0.2) is 9.97 Å². The van der Waals surface area contributed by atoms with Crippen LogP contribution in [0.15, 0.2) is 41.9 Å². The molecule has 23 heavy (non-hydrogen) atoms. The number of pyridine rings is 1. The second kappa shape index (κ2) is 5.62. The van der Waals surface area contributed by atoms with Crippen LogP contribution in [-0.2, 0) is 13.1 Å². The molecule has 6 heteroatoms. The smallest absolute Gasteiger partial charge is 0.272 e. The molecule has 4 heterocycles. The molecule has 0 atom stereocenters. The fourth-order valence-electron chi connectivity index (χ4n) is 2.88. The van der Waals surface area contributed by atoms with Crippen LogP contribution in [-0.4, -0.2) is 31.9 Å². The monoisotopic (exact) mass is 324 g/mol. The Morgan fingerprint density at radius 2 is 2.13 bits per heavy atom. The summed E-state index contributed by atoms with van der Waals surface area (Å²) in [5, 5.41) is 2.07. The number of hydrogen-bond acceptors (Lipinski definition) is 4. The maximum Gasteiger partial charge on any atom is 0.272 e. The lowest BCUT2D eigenvalue weighted by molar-refractivity contribution is 0.0702. The van der Waals surface area contributed by atoms with Gasteiger partial charge < -0.3 is 9.47 Å². The zero-order chi connectivity index (χ0) is 15.8. The van der Waals surface area contributed by atoms with Crippen molar-refractivity contribution in [3.05, 3.63) is 59.1 Å². The molecule has 0 radical (unpaired) electrons. The number of imidazole rings is 1. The second-order valence-corrected chi connectivity index (χ2v) is 6.53. The highest BCUT2D eigenvalue weighted by molar-refractivity contribution is 7.13. The van der Waals surface area contributed by atoms with E-state index in [4.69, 9.17) is 0 Å². The fourth-order valence-corrected chi connectivity index (χ4v) is 3.62. The third kappa shape index (κ3) is 2.55. The Morgan fingerprint density at radius 3 is 2.91 bits per heavy atom. The van der Waals surface area contributed by atoms with Crippen LogP contribution in [0, 0.1) is 6.92 Å². The van der Waals surface area contributed by atoms with Crippen LogP contribution >= 0.6 is 11.3 Å². The molecule has 0 spiro atoms. The van der Waals surface area contributed by atoms with Gasteiger partial charge in [0.05, 0.1) is 23.3 Å². The van der Waals surface area contributed by atoms with Gasteiger partial charge in [-0.3, -0.25) is 4.79 Å². The molecular formula is C17H16N4OS. The van der Waals surface area contributed by atoms with Crippen LogP contribution in [0.3, 0.4) is 0 Å². The average molecular weight is 324 g/mol. The minimum absolute atomic E-state index is 0.0272. The van der Waals surface area contributed by atoms with Gasteiger partial charge in [0.1, 0.15) is 11.5 Å². The van der Waals surface area contributed by atoms with Crippen molar-refractivity contribution in [1.82, 2.24) is 19.4 Å². The van der Waals surface area contributed by atoms with Gasteiger partial charge in [-0.1, -0.05) is 12.1 Å². The Hall–Kier alpha value is -2.47. The third-order valence-electron chi connectivity index (χ3n) is 4.03. The summed E-state index contributed by atoms with van der Waals surface area (Å²) >= 11 is 1.71. The number of carbonyl (C=O) groups excluding carboxylic acids is 1. The van der Waals surface area contributed by atoms with Crippen molar-refractivity contribution in [1.29, 1.82) is 0 Å². The minimum Gasteiger partial charge on any atom is -0.328 e. The molecule has 0 bridgehead atoms. The van der Waals surface area contributed by atoms with Crippen LogP contribution in [0.2, 0.25) is 0 Å².